The van der Waals surface area contributed by atoms with Crippen LogP contribution in [0.1, 0.15) is 11.1 Å². The van der Waals surface area contributed by atoms with Crippen LogP contribution in [0.2, 0.25) is 0 Å². The summed E-state index contributed by atoms with van der Waals surface area (Å²) in [7, 11) is 0. The van der Waals surface area contributed by atoms with Crippen LogP contribution in [0.3, 0.4) is 0 Å². The Bertz CT molecular complexity index is 358. The van der Waals surface area contributed by atoms with Gasteiger partial charge in [-0.25, -0.2) is 4.39 Å². The molecule has 3 heteroatoms. The van der Waals surface area contributed by atoms with Crippen molar-refractivity contribution in [3.63, 3.8) is 0 Å². The summed E-state index contributed by atoms with van der Waals surface area (Å²) in [5.41, 5.74) is 6.09. The summed E-state index contributed by atoms with van der Waals surface area (Å²) < 4.78 is 13.0. The van der Waals surface area contributed by atoms with Crippen LogP contribution in [-0.4, -0.2) is 5.91 Å². The zero-order valence-corrected chi connectivity index (χ0v) is 7.25. The normalized spacial score (nSPS) is 10.6. The molecular weight excluding hydrogens is 169 g/mol. The molecule has 0 radical (unpaired) electrons. The lowest BCUT2D eigenvalue weighted by molar-refractivity contribution is -0.113. The van der Waals surface area contributed by atoms with E-state index < -0.39 is 5.91 Å². The first-order valence-electron chi connectivity index (χ1n) is 3.84. The number of nitrogens with two attached hydrogens (primary N) is 1. The van der Waals surface area contributed by atoms with Gasteiger partial charge < -0.3 is 5.73 Å². The number of benzene rings is 1. The zero-order valence-electron chi connectivity index (χ0n) is 7.25. The first-order chi connectivity index (χ1) is 6.11. The van der Waals surface area contributed by atoms with E-state index in [0.29, 0.717) is 11.1 Å². The number of primary amides is 1. The van der Waals surface area contributed by atoms with Crippen molar-refractivity contribution in [3.05, 3.63) is 41.2 Å². The second kappa shape index (κ2) is 3.85. The van der Waals surface area contributed by atoms with Crippen molar-refractivity contribution in [2.75, 3.05) is 0 Å². The van der Waals surface area contributed by atoms with Crippen molar-refractivity contribution in [1.82, 2.24) is 0 Å². The third-order valence-corrected chi connectivity index (χ3v) is 1.74. The molecule has 2 N–H and O–H groups in total. The smallest absolute Gasteiger partial charge is 0.241 e. The van der Waals surface area contributed by atoms with Gasteiger partial charge in [0.05, 0.1) is 0 Å². The first kappa shape index (κ1) is 9.45. The molecule has 0 saturated carbocycles. The van der Waals surface area contributed by atoms with Crippen LogP contribution in [0, 0.1) is 12.7 Å². The van der Waals surface area contributed by atoms with Gasteiger partial charge in [0.15, 0.2) is 0 Å². The highest BCUT2D eigenvalue weighted by molar-refractivity contribution is 5.90. The molecule has 0 aliphatic heterocycles. The number of halogens is 1. The Hall–Kier alpha value is -1.64. The van der Waals surface area contributed by atoms with Gasteiger partial charge in [-0.1, -0.05) is 12.1 Å². The third-order valence-electron chi connectivity index (χ3n) is 1.74. The van der Waals surface area contributed by atoms with Crippen molar-refractivity contribution in [3.8, 4) is 0 Å². The molecule has 68 valence electrons. The van der Waals surface area contributed by atoms with Crippen LogP contribution >= 0.6 is 0 Å². The van der Waals surface area contributed by atoms with Crippen molar-refractivity contribution in [1.29, 1.82) is 0 Å². The largest absolute Gasteiger partial charge is 0.366 e. The van der Waals surface area contributed by atoms with Gasteiger partial charge in [0.2, 0.25) is 5.91 Å². The molecule has 0 spiro atoms. The van der Waals surface area contributed by atoms with Crippen molar-refractivity contribution in [2.45, 2.75) is 6.92 Å². The SMILES string of the molecule is Cc1c(F)cccc1/C=C\C(N)=O. The fraction of sp³-hybridized carbons (Fsp3) is 0.100. The summed E-state index contributed by atoms with van der Waals surface area (Å²) in [6.07, 6.45) is 2.71. The molecule has 0 saturated heterocycles. The topological polar surface area (TPSA) is 43.1 Å². The predicted octanol–water partition coefficient (Wildman–Crippen LogP) is 1.63. The Labute approximate surface area is 75.9 Å². The third kappa shape index (κ3) is 2.40. The van der Waals surface area contributed by atoms with Gasteiger partial charge in [-0.2, -0.15) is 0 Å². The molecule has 0 heterocycles. The molecule has 1 rings (SSSR count). The lowest BCUT2D eigenvalue weighted by atomic mass is 10.1. The first-order valence-corrected chi connectivity index (χ1v) is 3.84. The summed E-state index contributed by atoms with van der Waals surface area (Å²) >= 11 is 0. The fourth-order valence-corrected chi connectivity index (χ4v) is 0.977. The van der Waals surface area contributed by atoms with Gasteiger partial charge in [-0.05, 0) is 30.2 Å². The summed E-state index contributed by atoms with van der Waals surface area (Å²) in [6.45, 7) is 1.65. The second-order valence-electron chi connectivity index (χ2n) is 2.69. The van der Waals surface area contributed by atoms with Gasteiger partial charge in [0.25, 0.3) is 0 Å². The van der Waals surface area contributed by atoms with E-state index in [1.165, 1.54) is 18.2 Å². The minimum atomic E-state index is -0.538. The molecule has 2 nitrogen and oxygen atoms in total. The molecule has 0 unspecified atom stereocenters. The number of carbonyl (C=O) groups excluding carboxylic acids is 1. The Morgan fingerprint density at radius 1 is 1.54 bits per heavy atom. The van der Waals surface area contributed by atoms with E-state index in [9.17, 15) is 9.18 Å². The lowest BCUT2D eigenvalue weighted by Crippen LogP contribution is -2.05. The number of carbonyl (C=O) groups is 1. The van der Waals surface area contributed by atoms with E-state index in [1.807, 2.05) is 0 Å². The van der Waals surface area contributed by atoms with Gasteiger partial charge in [0, 0.05) is 6.08 Å². The van der Waals surface area contributed by atoms with Gasteiger partial charge in [0.1, 0.15) is 5.82 Å². The van der Waals surface area contributed by atoms with Crippen molar-refractivity contribution < 1.29 is 9.18 Å². The monoisotopic (exact) mass is 179 g/mol. The molecular formula is C10H10FNO. The second-order valence-corrected chi connectivity index (χ2v) is 2.69. The Kier molecular flexibility index (Phi) is 2.80. The molecule has 0 bridgehead atoms. The highest BCUT2D eigenvalue weighted by atomic mass is 19.1. The summed E-state index contributed by atoms with van der Waals surface area (Å²) in [5, 5.41) is 0. The van der Waals surface area contributed by atoms with E-state index >= 15 is 0 Å². The predicted molar refractivity (Wildman–Crippen MR) is 49.4 cm³/mol. The maximum absolute atomic E-state index is 13.0. The van der Waals surface area contributed by atoms with Crippen LogP contribution in [0.15, 0.2) is 24.3 Å². The average molecular weight is 179 g/mol. The molecule has 1 amide bonds. The van der Waals surface area contributed by atoms with Crippen LogP contribution < -0.4 is 5.73 Å². The number of rotatable bonds is 2. The molecule has 13 heavy (non-hydrogen) atoms. The molecule has 0 aliphatic rings. The molecule has 1 aromatic carbocycles. The highest BCUT2D eigenvalue weighted by Crippen LogP contribution is 2.13. The number of amides is 1. The van der Waals surface area contributed by atoms with E-state index in [-0.39, 0.29) is 5.82 Å². The summed E-state index contributed by atoms with van der Waals surface area (Å²) in [5.74, 6) is -0.824. The van der Waals surface area contributed by atoms with E-state index in [1.54, 1.807) is 19.1 Å². The average Bonchev–Trinajstić information content (AvgIpc) is 2.07. The zero-order chi connectivity index (χ0) is 9.84. The summed E-state index contributed by atoms with van der Waals surface area (Å²) in [4.78, 5) is 10.4. The minimum Gasteiger partial charge on any atom is -0.366 e. The molecule has 1 aromatic rings. The van der Waals surface area contributed by atoms with Crippen LogP contribution in [0.25, 0.3) is 6.08 Å². The molecule has 0 aliphatic carbocycles. The molecule has 0 fully saturated rings. The lowest BCUT2D eigenvalue weighted by Gasteiger charge is -1.99. The Morgan fingerprint density at radius 3 is 2.85 bits per heavy atom. The van der Waals surface area contributed by atoms with E-state index in [4.69, 9.17) is 5.73 Å². The van der Waals surface area contributed by atoms with E-state index in [2.05, 4.69) is 0 Å². The highest BCUT2D eigenvalue weighted by Gasteiger charge is 1.99. The maximum atomic E-state index is 13.0. The van der Waals surface area contributed by atoms with Crippen molar-refractivity contribution in [2.24, 2.45) is 5.73 Å². The Morgan fingerprint density at radius 2 is 2.23 bits per heavy atom. The van der Waals surface area contributed by atoms with Gasteiger partial charge in [-0.3, -0.25) is 4.79 Å². The molecule has 0 atom stereocenters. The van der Waals surface area contributed by atoms with E-state index in [0.717, 1.165) is 0 Å². The minimum absolute atomic E-state index is 0.286. The van der Waals surface area contributed by atoms with Crippen LogP contribution in [-0.2, 0) is 4.79 Å². The van der Waals surface area contributed by atoms with Crippen LogP contribution in [0.5, 0.6) is 0 Å². The fourth-order valence-electron chi connectivity index (χ4n) is 0.977. The summed E-state index contributed by atoms with van der Waals surface area (Å²) in [6, 6.07) is 4.68. The Balaban J connectivity index is 3.02. The maximum Gasteiger partial charge on any atom is 0.241 e. The quantitative estimate of drug-likeness (QED) is 0.689. The molecule has 0 aromatic heterocycles. The van der Waals surface area contributed by atoms with Crippen LogP contribution in [0.4, 0.5) is 4.39 Å². The number of hydrogen-bond acceptors (Lipinski definition) is 1. The standard InChI is InChI=1S/C10H10FNO/c1-7-8(5-6-10(12)13)3-2-4-9(7)11/h2-6H,1H3,(H2,12,13)/b6-5-. The van der Waals surface area contributed by atoms with Gasteiger partial charge >= 0.3 is 0 Å². The van der Waals surface area contributed by atoms with Gasteiger partial charge in [-0.15, -0.1) is 0 Å². The number of hydrogen-bond donors (Lipinski definition) is 1. The van der Waals surface area contributed by atoms with Crippen molar-refractivity contribution >= 4 is 12.0 Å².